The summed E-state index contributed by atoms with van der Waals surface area (Å²) in [5.41, 5.74) is 1.47. The number of Topliss-reactive ketones (excluding diaryl/α,β-unsaturated/α-hetero) is 1. The molecule has 0 radical (unpaired) electrons. The van der Waals surface area contributed by atoms with Gasteiger partial charge in [0.05, 0.1) is 29.2 Å². The van der Waals surface area contributed by atoms with Crippen molar-refractivity contribution in [3.63, 3.8) is 0 Å². The van der Waals surface area contributed by atoms with Crippen LogP contribution in [0.2, 0.25) is 0 Å². The molecule has 1 N–H and O–H groups in total. The van der Waals surface area contributed by atoms with E-state index < -0.39 is 23.3 Å². The summed E-state index contributed by atoms with van der Waals surface area (Å²) < 4.78 is 17.3. The lowest BCUT2D eigenvalue weighted by Crippen LogP contribution is -2.64. The van der Waals surface area contributed by atoms with Crippen LogP contribution in [0.4, 0.5) is 4.79 Å². The van der Waals surface area contributed by atoms with Crippen LogP contribution in [0.15, 0.2) is 42.5 Å². The SMILES string of the molecule is O=C(OCCCCCCc1ccccc1)Oc1ccc2c3c1OC1C(=O)CCC4(O)C5N(CC6CC6)C25CC314. The summed E-state index contributed by atoms with van der Waals surface area (Å²) in [5.74, 6) is 1.50. The number of hydrogen-bond acceptors (Lipinski definition) is 7. The summed E-state index contributed by atoms with van der Waals surface area (Å²) in [6.45, 7) is 1.31. The molecule has 6 aliphatic rings. The van der Waals surface area contributed by atoms with Gasteiger partial charge in [-0.05, 0) is 68.1 Å². The van der Waals surface area contributed by atoms with Gasteiger partial charge in [0.2, 0.25) is 0 Å². The minimum absolute atomic E-state index is 0.0368. The summed E-state index contributed by atoms with van der Waals surface area (Å²) in [6.07, 6.45) is 7.57. The van der Waals surface area contributed by atoms with Crippen molar-refractivity contribution in [2.24, 2.45) is 5.92 Å². The highest BCUT2D eigenvalue weighted by Crippen LogP contribution is 2.82. The number of hydrogen-bond donors (Lipinski definition) is 1. The van der Waals surface area contributed by atoms with Crippen LogP contribution in [0.1, 0.15) is 74.5 Å². The molecule has 204 valence electrons. The number of nitrogens with zero attached hydrogens (tertiary/aromatic N) is 1. The Morgan fingerprint density at radius 3 is 2.72 bits per heavy atom. The second kappa shape index (κ2) is 8.31. The van der Waals surface area contributed by atoms with Crippen molar-refractivity contribution in [1.29, 1.82) is 0 Å². The topological polar surface area (TPSA) is 85.1 Å². The van der Waals surface area contributed by atoms with E-state index in [0.717, 1.165) is 49.8 Å². The number of rotatable bonds is 10. The van der Waals surface area contributed by atoms with Crippen LogP contribution in [0.5, 0.6) is 11.5 Å². The van der Waals surface area contributed by atoms with Crippen molar-refractivity contribution >= 4 is 11.9 Å². The van der Waals surface area contributed by atoms with Crippen LogP contribution >= 0.6 is 0 Å². The number of aryl methyl sites for hydroxylation is 1. The first kappa shape index (κ1) is 23.9. The zero-order chi connectivity index (χ0) is 26.4. The van der Waals surface area contributed by atoms with E-state index in [1.54, 1.807) is 6.07 Å². The molecule has 2 spiro atoms. The average molecular weight is 530 g/mol. The van der Waals surface area contributed by atoms with Gasteiger partial charge in [0, 0.05) is 18.5 Å². The van der Waals surface area contributed by atoms with E-state index in [9.17, 15) is 14.7 Å². The molecule has 0 amide bonds. The van der Waals surface area contributed by atoms with Crippen molar-refractivity contribution in [1.82, 2.24) is 4.90 Å². The first-order chi connectivity index (χ1) is 19.0. The van der Waals surface area contributed by atoms with Crippen LogP contribution in [-0.4, -0.2) is 52.8 Å². The molecule has 2 aromatic carbocycles. The van der Waals surface area contributed by atoms with E-state index in [1.165, 1.54) is 18.4 Å². The van der Waals surface area contributed by atoms with Gasteiger partial charge in [0.25, 0.3) is 0 Å². The van der Waals surface area contributed by atoms with E-state index in [-0.39, 0.29) is 23.1 Å². The number of piperidine rings is 1. The minimum atomic E-state index is -0.988. The molecule has 0 aromatic heterocycles. The zero-order valence-electron chi connectivity index (χ0n) is 22.2. The molecule has 1 saturated heterocycles. The fourth-order valence-electron chi connectivity index (χ4n) is 8.70. The van der Waals surface area contributed by atoms with Crippen molar-refractivity contribution in [3.05, 3.63) is 59.2 Å². The zero-order valence-corrected chi connectivity index (χ0v) is 22.2. The predicted molar refractivity (Wildman–Crippen MR) is 142 cm³/mol. The molecule has 3 saturated carbocycles. The highest BCUT2D eigenvalue weighted by atomic mass is 16.7. The van der Waals surface area contributed by atoms with Gasteiger partial charge in [0.1, 0.15) is 0 Å². The molecule has 7 nitrogen and oxygen atoms in total. The van der Waals surface area contributed by atoms with Gasteiger partial charge in [-0.25, -0.2) is 4.79 Å². The maximum atomic E-state index is 13.1. The van der Waals surface area contributed by atoms with E-state index >= 15 is 0 Å². The van der Waals surface area contributed by atoms with E-state index in [4.69, 9.17) is 14.2 Å². The highest BCUT2D eigenvalue weighted by molar-refractivity contribution is 5.92. The van der Waals surface area contributed by atoms with Gasteiger partial charge in [-0.3, -0.25) is 9.69 Å². The first-order valence-corrected chi connectivity index (χ1v) is 14.7. The van der Waals surface area contributed by atoms with Gasteiger partial charge in [-0.15, -0.1) is 0 Å². The molecule has 7 heteroatoms. The van der Waals surface area contributed by atoms with Crippen LogP contribution in [0, 0.1) is 5.92 Å². The molecule has 4 aliphatic carbocycles. The lowest BCUT2D eigenvalue weighted by Gasteiger charge is -2.47. The number of benzene rings is 2. The van der Waals surface area contributed by atoms with Crippen molar-refractivity contribution in [3.8, 4) is 11.5 Å². The second-order valence-corrected chi connectivity index (χ2v) is 12.6. The normalized spacial score (nSPS) is 35.8. The molecule has 8 rings (SSSR count). The summed E-state index contributed by atoms with van der Waals surface area (Å²) >= 11 is 0. The van der Waals surface area contributed by atoms with Gasteiger partial charge < -0.3 is 19.3 Å². The molecule has 4 fully saturated rings. The third-order valence-electron chi connectivity index (χ3n) is 10.5. The summed E-state index contributed by atoms with van der Waals surface area (Å²) in [5, 5.41) is 12.2. The largest absolute Gasteiger partial charge is 0.513 e. The average Bonchev–Trinajstić information content (AvgIpc) is 3.78. The van der Waals surface area contributed by atoms with Crippen LogP contribution in [0.25, 0.3) is 0 Å². The smallest absolute Gasteiger partial charge is 0.477 e. The maximum absolute atomic E-state index is 13.1. The number of likely N-dealkylation sites (tertiary alicyclic amines) is 1. The molecule has 2 heterocycles. The number of ether oxygens (including phenoxy) is 3. The van der Waals surface area contributed by atoms with E-state index in [2.05, 4.69) is 29.2 Å². The molecule has 2 aliphatic heterocycles. The quantitative estimate of drug-likeness (QED) is 0.205. The highest BCUT2D eigenvalue weighted by Gasteiger charge is 2.91. The number of unbranched alkanes of at least 4 members (excludes halogenated alkanes) is 3. The molecule has 2 bridgehead atoms. The Morgan fingerprint density at radius 2 is 1.90 bits per heavy atom. The molecular weight excluding hydrogens is 494 g/mol. The molecule has 39 heavy (non-hydrogen) atoms. The number of carbonyl (C=O) groups excluding carboxylic acids is 2. The Bertz CT molecular complexity index is 1360. The van der Waals surface area contributed by atoms with Gasteiger partial charge >= 0.3 is 6.16 Å². The van der Waals surface area contributed by atoms with Gasteiger partial charge in [-0.1, -0.05) is 49.2 Å². The number of fused-ring (bicyclic) bond motifs is 1. The Balaban J connectivity index is 0.947. The number of aliphatic hydroxyl groups is 1. The first-order valence-electron chi connectivity index (χ1n) is 14.7. The van der Waals surface area contributed by atoms with Crippen LogP contribution in [0.3, 0.4) is 0 Å². The second-order valence-electron chi connectivity index (χ2n) is 12.6. The lowest BCUT2D eigenvalue weighted by atomic mass is 9.59. The van der Waals surface area contributed by atoms with E-state index in [0.29, 0.717) is 37.5 Å². The van der Waals surface area contributed by atoms with Crippen LogP contribution < -0.4 is 9.47 Å². The minimum Gasteiger partial charge on any atom is -0.477 e. The monoisotopic (exact) mass is 529 g/mol. The predicted octanol–water partition coefficient (Wildman–Crippen LogP) is 4.80. The third-order valence-corrected chi connectivity index (χ3v) is 10.5. The Hall–Kier alpha value is -2.90. The van der Waals surface area contributed by atoms with Crippen molar-refractivity contribution in [2.45, 2.75) is 92.9 Å². The summed E-state index contributed by atoms with van der Waals surface area (Å²) in [4.78, 5) is 28.2. The van der Waals surface area contributed by atoms with Crippen molar-refractivity contribution in [2.75, 3.05) is 13.2 Å². The molecule has 2 aromatic rings. The number of ketones is 1. The summed E-state index contributed by atoms with van der Waals surface area (Å²) in [7, 11) is 0. The molecule has 6 unspecified atom stereocenters. The molecule has 6 atom stereocenters. The van der Waals surface area contributed by atoms with Crippen molar-refractivity contribution < 1.29 is 28.9 Å². The standard InChI is InChI=1S/C32H35NO6/c34-23-15-16-32(36)28-31(33(28)18-21-11-12-21)19-30(32)25-22(31)13-14-24(26(25)39-27(23)30)38-29(35)37-17-7-2-1-4-8-20-9-5-3-6-10-20/h3,5-6,9-10,13-14,21,27-28,36H,1-2,4,7-8,11-12,15-19H2. The Labute approximate surface area is 228 Å². The fourth-order valence-corrected chi connectivity index (χ4v) is 8.70. The Morgan fingerprint density at radius 1 is 1.08 bits per heavy atom. The number of carbonyl (C=O) groups is 2. The summed E-state index contributed by atoms with van der Waals surface area (Å²) in [6, 6.07) is 14.3. The van der Waals surface area contributed by atoms with Gasteiger partial charge in [-0.2, -0.15) is 0 Å². The Kier molecular flexibility index (Phi) is 5.10. The fraction of sp³-hybridized carbons (Fsp3) is 0.562. The van der Waals surface area contributed by atoms with Crippen LogP contribution in [-0.2, 0) is 26.9 Å². The maximum Gasteiger partial charge on any atom is 0.513 e. The van der Waals surface area contributed by atoms with Gasteiger partial charge in [0.15, 0.2) is 23.4 Å². The molecular formula is C32H35NO6. The third kappa shape index (κ3) is 3.17. The lowest BCUT2D eigenvalue weighted by molar-refractivity contribution is -0.148. The van der Waals surface area contributed by atoms with E-state index in [1.807, 2.05) is 12.1 Å².